The van der Waals surface area contributed by atoms with Crippen molar-refractivity contribution in [1.82, 2.24) is 29.5 Å². The number of aliphatic hydroxyl groups is 1. The summed E-state index contributed by atoms with van der Waals surface area (Å²) in [6.07, 6.45) is 1.02. The number of ether oxygens (including phenoxy) is 1. The van der Waals surface area contributed by atoms with Crippen molar-refractivity contribution in [3.63, 3.8) is 0 Å². The van der Waals surface area contributed by atoms with Crippen LogP contribution < -0.4 is 21.1 Å². The lowest BCUT2D eigenvalue weighted by molar-refractivity contribution is -0.0491. The van der Waals surface area contributed by atoms with Gasteiger partial charge in [0.25, 0.3) is 12.4 Å². The normalized spacial score (nSPS) is 18.9. The van der Waals surface area contributed by atoms with Crippen LogP contribution in [0.25, 0.3) is 22.6 Å². The van der Waals surface area contributed by atoms with E-state index in [1.807, 2.05) is 4.90 Å². The van der Waals surface area contributed by atoms with Gasteiger partial charge in [0.15, 0.2) is 17.2 Å². The summed E-state index contributed by atoms with van der Waals surface area (Å²) < 4.78 is 48.2. The third kappa shape index (κ3) is 5.16. The Morgan fingerprint density at radius 1 is 1.15 bits per heavy atom. The topological polar surface area (TPSA) is 154 Å². The zero-order valence-corrected chi connectivity index (χ0v) is 21.1. The van der Waals surface area contributed by atoms with Crippen LogP contribution in [0.3, 0.4) is 0 Å². The molecule has 4 aromatic heterocycles. The molecule has 1 saturated heterocycles. The Kier molecular flexibility index (Phi) is 7.23. The molecule has 0 radical (unpaired) electrons. The summed E-state index contributed by atoms with van der Waals surface area (Å²) in [4.78, 5) is 22.9. The van der Waals surface area contributed by atoms with Crippen LogP contribution in [0.5, 0.6) is 5.75 Å². The van der Waals surface area contributed by atoms with Crippen LogP contribution in [0.1, 0.15) is 24.8 Å². The molecule has 14 heteroatoms. The quantitative estimate of drug-likeness (QED) is 0.296. The van der Waals surface area contributed by atoms with Crippen molar-refractivity contribution in [2.45, 2.75) is 43.9 Å². The number of nitrogen functional groups attached to an aromatic ring is 1. The minimum absolute atomic E-state index is 0.000748. The standard InChI is InChI=1S/C25H28F3N9O2/c1-39-18-5-4-15(35-22(18)28)16-8-14(10-37-13-34-19-23(29)32-12-33-24(19)37)17(9-31-16)36-7-3-2-6-25(30,11-36)20(38)21(26)27/h4-5,8-9,12-13,20-21,38H,2-3,6-7,10-11,30H2,1H3,(H2,29,32,33)/t20-,25-/m1/s1. The number of anilines is 2. The molecule has 0 aliphatic carbocycles. The first-order chi connectivity index (χ1) is 18.7. The molecule has 206 valence electrons. The molecule has 0 spiro atoms. The van der Waals surface area contributed by atoms with E-state index in [0.717, 1.165) is 0 Å². The first-order valence-corrected chi connectivity index (χ1v) is 12.3. The molecule has 0 unspecified atom stereocenters. The Balaban J connectivity index is 1.59. The number of aliphatic hydroxyl groups excluding tert-OH is 1. The third-order valence-corrected chi connectivity index (χ3v) is 7.01. The van der Waals surface area contributed by atoms with Crippen molar-refractivity contribution in [3.05, 3.63) is 48.6 Å². The lowest BCUT2D eigenvalue weighted by Crippen LogP contribution is -2.60. The van der Waals surface area contributed by atoms with Crippen LogP contribution in [-0.2, 0) is 6.54 Å². The summed E-state index contributed by atoms with van der Waals surface area (Å²) in [6, 6.07) is 4.79. The fourth-order valence-corrected chi connectivity index (χ4v) is 4.92. The number of halogens is 3. The first-order valence-electron chi connectivity index (χ1n) is 12.3. The van der Waals surface area contributed by atoms with E-state index in [1.54, 1.807) is 29.2 Å². The maximum Gasteiger partial charge on any atom is 0.265 e. The highest BCUT2D eigenvalue weighted by Crippen LogP contribution is 2.33. The molecule has 11 nitrogen and oxygen atoms in total. The van der Waals surface area contributed by atoms with Crippen molar-refractivity contribution in [1.29, 1.82) is 0 Å². The van der Waals surface area contributed by atoms with Gasteiger partial charge in [-0.15, -0.1) is 0 Å². The molecule has 4 aromatic rings. The number of nitrogens with zero attached hydrogens (tertiary/aromatic N) is 7. The molecule has 5 rings (SSSR count). The van der Waals surface area contributed by atoms with Crippen LogP contribution in [0, 0.1) is 5.95 Å². The Bertz CT molecular complexity index is 1480. The zero-order valence-electron chi connectivity index (χ0n) is 21.1. The molecule has 5 N–H and O–H groups in total. The Labute approximate surface area is 221 Å². The van der Waals surface area contributed by atoms with Crippen LogP contribution in [0.15, 0.2) is 37.1 Å². The number of hydrogen-bond acceptors (Lipinski definition) is 10. The highest BCUT2D eigenvalue weighted by atomic mass is 19.3. The Hall–Kier alpha value is -4.04. The summed E-state index contributed by atoms with van der Waals surface area (Å²) in [7, 11) is 1.35. The molecule has 5 heterocycles. The minimum atomic E-state index is -2.98. The SMILES string of the molecule is COc1ccc(-c2cc(Cn3cnc4c(N)ncnc43)c(N3CCCC[C@](N)([C@H](O)C(F)F)C3)cn2)nc1F. The summed E-state index contributed by atoms with van der Waals surface area (Å²) in [5, 5.41) is 10.3. The molecular weight excluding hydrogens is 515 g/mol. The van der Waals surface area contributed by atoms with E-state index >= 15 is 0 Å². The number of rotatable bonds is 7. The van der Waals surface area contributed by atoms with Crippen LogP contribution in [0.4, 0.5) is 24.7 Å². The van der Waals surface area contributed by atoms with Gasteiger partial charge >= 0.3 is 0 Å². The van der Waals surface area contributed by atoms with E-state index in [1.165, 1.54) is 19.5 Å². The van der Waals surface area contributed by atoms with Gasteiger partial charge in [0.05, 0.1) is 48.8 Å². The number of aromatic nitrogens is 6. The number of alkyl halides is 2. The Morgan fingerprint density at radius 2 is 1.97 bits per heavy atom. The number of fused-ring (bicyclic) bond motifs is 1. The molecule has 0 bridgehead atoms. The van der Waals surface area contributed by atoms with E-state index in [9.17, 15) is 18.3 Å². The Morgan fingerprint density at radius 3 is 2.72 bits per heavy atom. The number of nitrogens with two attached hydrogens (primary N) is 2. The molecule has 0 aromatic carbocycles. The number of methoxy groups -OCH3 is 1. The van der Waals surface area contributed by atoms with Gasteiger partial charge in [-0.2, -0.15) is 4.39 Å². The van der Waals surface area contributed by atoms with Crippen molar-refractivity contribution in [2.24, 2.45) is 5.73 Å². The minimum Gasteiger partial charge on any atom is -0.492 e. The van der Waals surface area contributed by atoms with Gasteiger partial charge in [-0.1, -0.05) is 0 Å². The lowest BCUT2D eigenvalue weighted by atomic mass is 9.88. The first kappa shape index (κ1) is 26.6. The second-order valence-corrected chi connectivity index (χ2v) is 9.58. The van der Waals surface area contributed by atoms with Crippen LogP contribution >= 0.6 is 0 Å². The average molecular weight is 544 g/mol. The molecule has 1 fully saturated rings. The van der Waals surface area contributed by atoms with Gasteiger partial charge < -0.3 is 30.8 Å². The van der Waals surface area contributed by atoms with Crippen molar-refractivity contribution in [2.75, 3.05) is 30.8 Å². The van der Waals surface area contributed by atoms with E-state index < -0.39 is 24.0 Å². The largest absolute Gasteiger partial charge is 0.492 e. The highest BCUT2D eigenvalue weighted by Gasteiger charge is 2.42. The van der Waals surface area contributed by atoms with Gasteiger partial charge in [0, 0.05) is 13.1 Å². The maximum absolute atomic E-state index is 14.4. The van der Waals surface area contributed by atoms with E-state index in [-0.39, 0.29) is 36.8 Å². The molecule has 0 saturated carbocycles. The van der Waals surface area contributed by atoms with Crippen molar-refractivity contribution >= 4 is 22.7 Å². The summed E-state index contributed by atoms with van der Waals surface area (Å²) in [6.45, 7) is 0.738. The fraction of sp³-hybridized carbons (Fsp3) is 0.400. The predicted octanol–water partition coefficient (Wildman–Crippen LogP) is 2.38. The van der Waals surface area contributed by atoms with Crippen molar-refractivity contribution in [3.8, 4) is 17.1 Å². The molecule has 39 heavy (non-hydrogen) atoms. The maximum atomic E-state index is 14.4. The molecule has 0 amide bonds. The molecule has 2 atom stereocenters. The average Bonchev–Trinajstić information content (AvgIpc) is 3.22. The number of imidazole rings is 1. The number of hydrogen-bond donors (Lipinski definition) is 3. The summed E-state index contributed by atoms with van der Waals surface area (Å²) >= 11 is 0. The van der Waals surface area contributed by atoms with Gasteiger partial charge in [-0.05, 0) is 43.0 Å². The summed E-state index contributed by atoms with van der Waals surface area (Å²) in [5.41, 5.74) is 13.7. The van der Waals surface area contributed by atoms with Crippen LogP contribution in [-0.4, -0.2) is 72.9 Å². The second kappa shape index (κ2) is 10.6. The zero-order chi connectivity index (χ0) is 27.7. The number of pyridine rings is 2. The third-order valence-electron chi connectivity index (χ3n) is 7.01. The monoisotopic (exact) mass is 543 g/mol. The molecular formula is C25H28F3N9O2. The summed E-state index contributed by atoms with van der Waals surface area (Å²) in [5.74, 6) is -0.551. The predicted molar refractivity (Wildman–Crippen MR) is 138 cm³/mol. The van der Waals surface area contributed by atoms with E-state index in [0.29, 0.717) is 47.5 Å². The molecule has 1 aliphatic heterocycles. The second-order valence-electron chi connectivity index (χ2n) is 9.58. The van der Waals surface area contributed by atoms with Crippen molar-refractivity contribution < 1.29 is 23.0 Å². The molecule has 1 aliphatic rings. The smallest absolute Gasteiger partial charge is 0.265 e. The highest BCUT2D eigenvalue weighted by molar-refractivity contribution is 5.81. The lowest BCUT2D eigenvalue weighted by Gasteiger charge is -2.37. The van der Waals surface area contributed by atoms with Gasteiger partial charge in [-0.3, -0.25) is 4.98 Å². The van der Waals surface area contributed by atoms with E-state index in [4.69, 9.17) is 16.2 Å². The fourth-order valence-electron chi connectivity index (χ4n) is 4.92. The van der Waals surface area contributed by atoms with Gasteiger partial charge in [0.2, 0.25) is 0 Å². The van der Waals surface area contributed by atoms with Gasteiger partial charge in [0.1, 0.15) is 17.9 Å². The van der Waals surface area contributed by atoms with E-state index in [2.05, 4.69) is 24.9 Å². The van der Waals surface area contributed by atoms with Crippen LogP contribution in [0.2, 0.25) is 0 Å². The van der Waals surface area contributed by atoms with Gasteiger partial charge in [-0.25, -0.2) is 28.7 Å².